The molecule has 0 fully saturated rings. The van der Waals surface area contributed by atoms with Crippen LogP contribution in [0.4, 0.5) is 4.79 Å². The molecule has 0 saturated carbocycles. The molecule has 0 unspecified atom stereocenters. The fraction of sp³-hybridized carbons (Fsp3) is 0.125. The summed E-state index contributed by atoms with van der Waals surface area (Å²) in [6.07, 6.45) is 2.92. The van der Waals surface area contributed by atoms with Crippen molar-refractivity contribution in [2.75, 3.05) is 7.11 Å². The van der Waals surface area contributed by atoms with Crippen LogP contribution < -0.4 is 0 Å². The number of fused-ring (bicyclic) bond motifs is 1. The molecular formula is C16H13BrN2O2. The highest BCUT2D eigenvalue weighted by atomic mass is 79.9. The summed E-state index contributed by atoms with van der Waals surface area (Å²) in [4.78, 5) is 16.2. The van der Waals surface area contributed by atoms with E-state index in [1.54, 1.807) is 12.4 Å². The number of hydrogen-bond acceptors (Lipinski definition) is 3. The zero-order valence-electron chi connectivity index (χ0n) is 11.6. The molecular weight excluding hydrogens is 332 g/mol. The topological polar surface area (TPSA) is 44.1 Å². The smallest absolute Gasteiger partial charge is 0.417 e. The second-order valence-electron chi connectivity index (χ2n) is 4.72. The summed E-state index contributed by atoms with van der Waals surface area (Å²) in [6, 6.07) is 9.91. The number of hydrogen-bond donors (Lipinski definition) is 0. The molecule has 0 aromatic heterocycles. The van der Waals surface area contributed by atoms with Gasteiger partial charge in [0.05, 0.1) is 18.5 Å². The van der Waals surface area contributed by atoms with Crippen LogP contribution in [0.2, 0.25) is 0 Å². The van der Waals surface area contributed by atoms with Crippen molar-refractivity contribution in [3.63, 3.8) is 0 Å². The minimum Gasteiger partial charge on any atom is -0.452 e. The number of benzene rings is 1. The Balaban J connectivity index is 2.12. The molecule has 0 atom stereocenters. The van der Waals surface area contributed by atoms with Gasteiger partial charge in [0.15, 0.2) is 0 Å². The SMILES string of the molecule is COC(=O)n1ccc2cc(-c3cccc(Br)c3C)nc-2c1. The molecule has 0 amide bonds. The maximum absolute atomic E-state index is 11.5. The third-order valence-electron chi connectivity index (χ3n) is 3.43. The van der Waals surface area contributed by atoms with E-state index in [1.807, 2.05) is 37.3 Å². The summed E-state index contributed by atoms with van der Waals surface area (Å²) in [6.45, 7) is 2.05. The summed E-state index contributed by atoms with van der Waals surface area (Å²) in [5, 5.41) is 0. The van der Waals surface area contributed by atoms with Gasteiger partial charge in [-0.05, 0) is 30.7 Å². The highest BCUT2D eigenvalue weighted by Crippen LogP contribution is 2.32. The number of pyridine rings is 1. The van der Waals surface area contributed by atoms with E-state index in [-0.39, 0.29) is 0 Å². The van der Waals surface area contributed by atoms with Gasteiger partial charge < -0.3 is 4.74 Å². The highest BCUT2D eigenvalue weighted by Gasteiger charge is 2.14. The first-order valence-corrected chi connectivity index (χ1v) is 7.22. The van der Waals surface area contributed by atoms with Gasteiger partial charge in [0.1, 0.15) is 0 Å². The lowest BCUT2D eigenvalue weighted by molar-refractivity contribution is 0.172. The van der Waals surface area contributed by atoms with E-state index < -0.39 is 6.09 Å². The van der Waals surface area contributed by atoms with Gasteiger partial charge in [0, 0.05) is 28.0 Å². The van der Waals surface area contributed by atoms with E-state index in [0.29, 0.717) is 0 Å². The van der Waals surface area contributed by atoms with Gasteiger partial charge >= 0.3 is 6.09 Å². The van der Waals surface area contributed by atoms with Crippen LogP contribution in [-0.2, 0) is 4.74 Å². The lowest BCUT2D eigenvalue weighted by Crippen LogP contribution is -2.11. The molecule has 0 bridgehead atoms. The third kappa shape index (κ3) is 2.45. The van der Waals surface area contributed by atoms with Gasteiger partial charge in [-0.2, -0.15) is 0 Å². The van der Waals surface area contributed by atoms with Gasteiger partial charge in [-0.3, -0.25) is 4.57 Å². The number of carbonyl (C=O) groups excluding carboxylic acids is 1. The van der Waals surface area contributed by atoms with Gasteiger partial charge in [-0.15, -0.1) is 0 Å². The molecule has 0 N–H and O–H groups in total. The zero-order chi connectivity index (χ0) is 15.0. The number of methoxy groups -OCH3 is 1. The Kier molecular flexibility index (Phi) is 3.51. The Morgan fingerprint density at radius 3 is 2.86 bits per heavy atom. The summed E-state index contributed by atoms with van der Waals surface area (Å²) in [7, 11) is 1.36. The number of ether oxygens (including phenoxy) is 1. The Bertz CT molecular complexity index is 795. The van der Waals surface area contributed by atoms with Crippen molar-refractivity contribution in [2.24, 2.45) is 0 Å². The Morgan fingerprint density at radius 1 is 1.29 bits per heavy atom. The van der Waals surface area contributed by atoms with Crippen molar-refractivity contribution in [2.45, 2.75) is 6.92 Å². The largest absolute Gasteiger partial charge is 0.452 e. The van der Waals surface area contributed by atoms with Crippen LogP contribution in [0.3, 0.4) is 0 Å². The Morgan fingerprint density at radius 2 is 2.10 bits per heavy atom. The monoisotopic (exact) mass is 344 g/mol. The molecule has 0 radical (unpaired) electrons. The molecule has 0 aliphatic carbocycles. The Hall–Kier alpha value is -2.14. The molecule has 4 nitrogen and oxygen atoms in total. The van der Waals surface area contributed by atoms with E-state index in [4.69, 9.17) is 4.74 Å². The molecule has 106 valence electrons. The molecule has 1 aromatic carbocycles. The maximum Gasteiger partial charge on any atom is 0.417 e. The number of halogens is 1. The van der Waals surface area contributed by atoms with Gasteiger partial charge in [-0.1, -0.05) is 28.1 Å². The van der Waals surface area contributed by atoms with E-state index in [0.717, 1.165) is 32.6 Å². The predicted octanol–water partition coefficient (Wildman–Crippen LogP) is 4.34. The second-order valence-corrected chi connectivity index (χ2v) is 5.57. The summed E-state index contributed by atoms with van der Waals surface area (Å²) in [5.41, 5.74) is 4.86. The number of carbonyl (C=O) groups is 1. The van der Waals surface area contributed by atoms with Gasteiger partial charge in [-0.25, -0.2) is 9.78 Å². The average molecular weight is 345 g/mol. The predicted molar refractivity (Wildman–Crippen MR) is 84.5 cm³/mol. The first-order valence-electron chi connectivity index (χ1n) is 6.42. The quantitative estimate of drug-likeness (QED) is 0.659. The normalized spacial score (nSPS) is 10.8. The maximum atomic E-state index is 11.5. The van der Waals surface area contributed by atoms with Crippen LogP contribution in [0.5, 0.6) is 0 Å². The summed E-state index contributed by atoms with van der Waals surface area (Å²) in [5.74, 6) is 0. The van der Waals surface area contributed by atoms with E-state index in [9.17, 15) is 4.79 Å². The lowest BCUT2D eigenvalue weighted by Gasteiger charge is -2.04. The van der Waals surface area contributed by atoms with E-state index >= 15 is 0 Å². The lowest BCUT2D eigenvalue weighted by atomic mass is 10.1. The molecule has 21 heavy (non-hydrogen) atoms. The zero-order valence-corrected chi connectivity index (χ0v) is 13.2. The van der Waals surface area contributed by atoms with Crippen LogP contribution in [0, 0.1) is 6.92 Å². The van der Waals surface area contributed by atoms with Crippen LogP contribution in [0.15, 0.2) is 47.2 Å². The first-order chi connectivity index (χ1) is 10.1. The third-order valence-corrected chi connectivity index (χ3v) is 4.29. The van der Waals surface area contributed by atoms with Crippen LogP contribution in [0.1, 0.15) is 5.56 Å². The van der Waals surface area contributed by atoms with Crippen molar-refractivity contribution >= 4 is 22.0 Å². The van der Waals surface area contributed by atoms with Crippen LogP contribution >= 0.6 is 15.9 Å². The highest BCUT2D eigenvalue weighted by molar-refractivity contribution is 9.10. The molecule has 2 aliphatic rings. The minimum atomic E-state index is -0.430. The summed E-state index contributed by atoms with van der Waals surface area (Å²) < 4.78 is 7.14. The van der Waals surface area contributed by atoms with Crippen molar-refractivity contribution in [1.29, 1.82) is 0 Å². The molecule has 2 heterocycles. The molecule has 0 saturated heterocycles. The summed E-state index contributed by atoms with van der Waals surface area (Å²) >= 11 is 3.53. The molecule has 3 rings (SSSR count). The minimum absolute atomic E-state index is 0.430. The average Bonchev–Trinajstić information content (AvgIpc) is 2.91. The van der Waals surface area contributed by atoms with E-state index in [2.05, 4.69) is 20.9 Å². The van der Waals surface area contributed by atoms with Crippen molar-refractivity contribution in [1.82, 2.24) is 9.55 Å². The number of nitrogens with zero attached hydrogens (tertiary/aromatic N) is 2. The number of rotatable bonds is 1. The van der Waals surface area contributed by atoms with Crippen LogP contribution in [-0.4, -0.2) is 22.8 Å². The fourth-order valence-electron chi connectivity index (χ4n) is 2.26. The standard InChI is InChI=1S/C16H13BrN2O2/c1-10-12(4-3-5-13(10)17)14-8-11-6-7-19(16(20)21-2)9-15(11)18-14/h3-9H,1-2H3. The first kappa shape index (κ1) is 13.8. The fourth-order valence-corrected chi connectivity index (χ4v) is 2.63. The van der Waals surface area contributed by atoms with Gasteiger partial charge in [0.2, 0.25) is 0 Å². The second kappa shape index (κ2) is 5.33. The number of aromatic nitrogens is 2. The molecule has 5 heteroatoms. The molecule has 1 aromatic rings. The molecule has 2 aliphatic heterocycles. The van der Waals surface area contributed by atoms with Crippen molar-refractivity contribution in [3.05, 3.63) is 52.8 Å². The molecule has 0 spiro atoms. The van der Waals surface area contributed by atoms with Gasteiger partial charge in [0.25, 0.3) is 0 Å². The van der Waals surface area contributed by atoms with Crippen molar-refractivity contribution < 1.29 is 9.53 Å². The van der Waals surface area contributed by atoms with E-state index in [1.165, 1.54) is 11.7 Å². The van der Waals surface area contributed by atoms with Crippen LogP contribution in [0.25, 0.3) is 22.5 Å². The van der Waals surface area contributed by atoms with Crippen molar-refractivity contribution in [3.8, 4) is 22.5 Å². The Labute approximate surface area is 130 Å².